The van der Waals surface area contributed by atoms with Crippen LogP contribution in [0, 0.1) is 41.4 Å². The number of ether oxygens (including phenoxy) is 1. The highest BCUT2D eigenvalue weighted by molar-refractivity contribution is 5.94. The molecule has 27 heavy (non-hydrogen) atoms. The van der Waals surface area contributed by atoms with E-state index in [9.17, 15) is 4.79 Å². The van der Waals surface area contributed by atoms with Gasteiger partial charge in [-0.3, -0.25) is 4.79 Å². The maximum Gasteiger partial charge on any atom is 0.158 e. The first-order valence-electron chi connectivity index (χ1n) is 11.0. The minimum absolute atomic E-state index is 0.0265. The van der Waals surface area contributed by atoms with Gasteiger partial charge < -0.3 is 4.74 Å². The SMILES string of the molecule is C=C(C)C(=O)CC1C2CC(=C)C3C2CC1C3C(=C)OC1(C(C)C)CCCC1. The van der Waals surface area contributed by atoms with E-state index >= 15 is 0 Å². The molecule has 4 rings (SSSR count). The summed E-state index contributed by atoms with van der Waals surface area (Å²) in [4.78, 5) is 12.5. The Morgan fingerprint density at radius 2 is 1.85 bits per heavy atom. The van der Waals surface area contributed by atoms with Gasteiger partial charge in [0.05, 0.1) is 5.76 Å². The molecule has 0 spiro atoms. The van der Waals surface area contributed by atoms with Crippen molar-refractivity contribution in [2.75, 3.05) is 0 Å². The fourth-order valence-electron chi connectivity index (χ4n) is 7.19. The molecule has 4 saturated carbocycles. The molecule has 2 heteroatoms. The molecule has 0 saturated heterocycles. The van der Waals surface area contributed by atoms with Crippen LogP contribution in [0.4, 0.5) is 0 Å². The van der Waals surface area contributed by atoms with E-state index in [1.54, 1.807) is 0 Å². The highest BCUT2D eigenvalue weighted by atomic mass is 16.5. The smallest absolute Gasteiger partial charge is 0.158 e. The number of carbonyl (C=O) groups excluding carboxylic acids is 1. The Morgan fingerprint density at radius 3 is 2.44 bits per heavy atom. The van der Waals surface area contributed by atoms with Gasteiger partial charge in [0.2, 0.25) is 0 Å². The molecule has 0 aromatic carbocycles. The minimum Gasteiger partial charge on any atom is -0.492 e. The molecule has 4 aliphatic rings. The van der Waals surface area contributed by atoms with Gasteiger partial charge in [-0.25, -0.2) is 0 Å². The number of fused-ring (bicyclic) bond motifs is 1. The van der Waals surface area contributed by atoms with Gasteiger partial charge in [0.25, 0.3) is 0 Å². The van der Waals surface area contributed by atoms with Crippen molar-refractivity contribution in [1.82, 2.24) is 0 Å². The molecule has 2 nitrogen and oxygen atoms in total. The number of hydrogen-bond acceptors (Lipinski definition) is 2. The molecular weight excluding hydrogens is 332 g/mol. The third kappa shape index (κ3) is 2.86. The maximum atomic E-state index is 12.5. The van der Waals surface area contributed by atoms with Crippen molar-refractivity contribution in [2.24, 2.45) is 41.4 Å². The third-order valence-electron chi connectivity index (χ3n) is 8.58. The summed E-state index contributed by atoms with van der Waals surface area (Å²) in [5.74, 6) is 4.97. The standard InChI is InChI=1S/C25H36O2/c1-14(2)22(26)13-19-18-11-16(5)23-20(18)12-21(19)24(23)17(6)27-25(15(3)4)9-7-8-10-25/h15,18-21,23-24H,1,5-13H2,2-4H3. The van der Waals surface area contributed by atoms with Crippen molar-refractivity contribution >= 4 is 5.78 Å². The first kappa shape index (κ1) is 19.0. The van der Waals surface area contributed by atoms with Crippen LogP contribution >= 0.6 is 0 Å². The Hall–Kier alpha value is -1.31. The Morgan fingerprint density at radius 1 is 1.19 bits per heavy atom. The molecule has 0 aromatic rings. The Balaban J connectivity index is 1.57. The molecule has 0 heterocycles. The lowest BCUT2D eigenvalue weighted by molar-refractivity contribution is -0.117. The molecular formula is C25H36O2. The van der Waals surface area contributed by atoms with E-state index < -0.39 is 0 Å². The minimum atomic E-state index is -0.0265. The molecule has 148 valence electrons. The molecule has 0 N–H and O–H groups in total. The number of rotatable bonds is 7. The van der Waals surface area contributed by atoms with Gasteiger partial charge in [-0.15, -0.1) is 0 Å². The molecule has 2 bridgehead atoms. The predicted octanol–water partition coefficient (Wildman–Crippen LogP) is 6.10. The van der Waals surface area contributed by atoms with Crippen LogP contribution in [0.5, 0.6) is 0 Å². The maximum absolute atomic E-state index is 12.5. The second-order valence-electron chi connectivity index (χ2n) is 10.2. The van der Waals surface area contributed by atoms with Gasteiger partial charge in [-0.05, 0) is 86.5 Å². The van der Waals surface area contributed by atoms with Gasteiger partial charge in [0, 0.05) is 12.3 Å². The van der Waals surface area contributed by atoms with Gasteiger partial charge in [0.15, 0.2) is 5.78 Å². The highest BCUT2D eigenvalue weighted by Gasteiger charge is 2.63. The lowest BCUT2D eigenvalue weighted by atomic mass is 9.70. The summed E-state index contributed by atoms with van der Waals surface area (Å²) in [5, 5.41) is 0. The topological polar surface area (TPSA) is 26.3 Å². The fraction of sp³-hybridized carbons (Fsp3) is 0.720. The number of carbonyl (C=O) groups is 1. The summed E-state index contributed by atoms with van der Waals surface area (Å²) in [5.41, 5.74) is 2.06. The first-order chi connectivity index (χ1) is 12.7. The lowest BCUT2D eigenvalue weighted by Gasteiger charge is -2.41. The summed E-state index contributed by atoms with van der Waals surface area (Å²) >= 11 is 0. The van der Waals surface area contributed by atoms with Crippen LogP contribution in [0.25, 0.3) is 0 Å². The third-order valence-corrected chi connectivity index (χ3v) is 8.58. The summed E-state index contributed by atoms with van der Waals surface area (Å²) < 4.78 is 6.76. The van der Waals surface area contributed by atoms with Gasteiger partial charge >= 0.3 is 0 Å². The molecule has 0 amide bonds. The zero-order valence-electron chi connectivity index (χ0n) is 17.4. The van der Waals surface area contributed by atoms with Gasteiger partial charge in [0.1, 0.15) is 5.60 Å². The zero-order chi connectivity index (χ0) is 19.5. The predicted molar refractivity (Wildman–Crippen MR) is 110 cm³/mol. The van der Waals surface area contributed by atoms with E-state index in [4.69, 9.17) is 4.74 Å². The van der Waals surface area contributed by atoms with Crippen LogP contribution in [0.15, 0.2) is 36.6 Å². The molecule has 0 aliphatic heterocycles. The average molecular weight is 369 g/mol. The summed E-state index contributed by atoms with van der Waals surface area (Å²) in [6.45, 7) is 19.2. The monoisotopic (exact) mass is 368 g/mol. The summed E-state index contributed by atoms with van der Waals surface area (Å²) in [6, 6.07) is 0. The Kier molecular flexibility index (Phi) is 4.68. The molecule has 6 atom stereocenters. The quantitative estimate of drug-likeness (QED) is 0.308. The second kappa shape index (κ2) is 6.64. The van der Waals surface area contributed by atoms with Crippen molar-refractivity contribution in [3.05, 3.63) is 36.6 Å². The lowest BCUT2D eigenvalue weighted by Crippen LogP contribution is -2.39. The number of allylic oxidation sites excluding steroid dienone is 3. The summed E-state index contributed by atoms with van der Waals surface area (Å²) in [6.07, 6.45) is 7.79. The van der Waals surface area contributed by atoms with Gasteiger partial charge in [-0.2, -0.15) is 0 Å². The molecule has 0 aromatic heterocycles. The van der Waals surface area contributed by atoms with E-state index in [0.29, 0.717) is 53.4 Å². The van der Waals surface area contributed by atoms with Crippen molar-refractivity contribution in [3.63, 3.8) is 0 Å². The fourth-order valence-corrected chi connectivity index (χ4v) is 7.19. The number of Topliss-reactive ketones (excluding diaryl/α,β-unsaturated/α-hetero) is 1. The van der Waals surface area contributed by atoms with Crippen molar-refractivity contribution in [1.29, 1.82) is 0 Å². The Labute approximate surface area is 165 Å². The van der Waals surface area contributed by atoms with Crippen LogP contribution in [0.2, 0.25) is 0 Å². The van der Waals surface area contributed by atoms with E-state index in [1.165, 1.54) is 24.8 Å². The van der Waals surface area contributed by atoms with Crippen molar-refractivity contribution in [2.45, 2.75) is 71.3 Å². The van der Waals surface area contributed by atoms with Gasteiger partial charge in [-0.1, -0.05) is 39.2 Å². The zero-order valence-corrected chi connectivity index (χ0v) is 17.4. The van der Waals surface area contributed by atoms with E-state index in [1.807, 2.05) is 6.92 Å². The largest absolute Gasteiger partial charge is 0.492 e. The van der Waals surface area contributed by atoms with Crippen LogP contribution < -0.4 is 0 Å². The van der Waals surface area contributed by atoms with E-state index in [-0.39, 0.29) is 11.4 Å². The van der Waals surface area contributed by atoms with Crippen molar-refractivity contribution in [3.8, 4) is 0 Å². The highest BCUT2D eigenvalue weighted by Crippen LogP contribution is 2.69. The van der Waals surface area contributed by atoms with Crippen molar-refractivity contribution < 1.29 is 9.53 Å². The number of ketones is 1. The second-order valence-corrected chi connectivity index (χ2v) is 10.2. The Bertz CT molecular complexity index is 678. The van der Waals surface area contributed by atoms with Crippen LogP contribution in [0.1, 0.15) is 65.7 Å². The average Bonchev–Trinajstić information content (AvgIpc) is 3.32. The van der Waals surface area contributed by atoms with E-state index in [2.05, 4.69) is 33.6 Å². The molecule has 4 fully saturated rings. The first-order valence-corrected chi connectivity index (χ1v) is 11.0. The van der Waals surface area contributed by atoms with Crippen LogP contribution in [0.3, 0.4) is 0 Å². The normalized spacial score (nSPS) is 38.6. The summed E-state index contributed by atoms with van der Waals surface area (Å²) in [7, 11) is 0. The van der Waals surface area contributed by atoms with Crippen LogP contribution in [-0.2, 0) is 9.53 Å². The van der Waals surface area contributed by atoms with E-state index in [0.717, 1.165) is 25.0 Å². The molecule has 0 radical (unpaired) electrons. The molecule has 4 aliphatic carbocycles. The molecule has 6 unspecified atom stereocenters. The van der Waals surface area contributed by atoms with Crippen LogP contribution in [-0.4, -0.2) is 11.4 Å². The number of hydrogen-bond donors (Lipinski definition) is 0.